The summed E-state index contributed by atoms with van der Waals surface area (Å²) in [6.07, 6.45) is 0. The van der Waals surface area contributed by atoms with Crippen LogP contribution in [0.15, 0.2) is 18.2 Å². The Morgan fingerprint density at radius 3 is 2.88 bits per heavy atom. The quantitative estimate of drug-likeness (QED) is 0.730. The van der Waals surface area contributed by atoms with Gasteiger partial charge < -0.3 is 15.7 Å². The Balaban J connectivity index is 2.63. The number of amides is 2. The summed E-state index contributed by atoms with van der Waals surface area (Å²) in [6.45, 7) is 1.60. The summed E-state index contributed by atoms with van der Waals surface area (Å²) in [6, 6.07) is 4.66. The van der Waals surface area contributed by atoms with Gasteiger partial charge in [-0.3, -0.25) is 0 Å². The molecule has 88 valence electrons. The summed E-state index contributed by atoms with van der Waals surface area (Å²) in [7, 11) is 0. The Hall–Kier alpha value is -0.530. The van der Waals surface area contributed by atoms with Gasteiger partial charge in [0.25, 0.3) is 0 Å². The van der Waals surface area contributed by atoms with Gasteiger partial charge in [0.05, 0.1) is 23.4 Å². The lowest BCUT2D eigenvalue weighted by Crippen LogP contribution is -2.38. The Kier molecular flexibility index (Phi) is 5.30. The lowest BCUT2D eigenvalue weighted by atomic mass is 10.3. The van der Waals surface area contributed by atoms with Gasteiger partial charge in [-0.25, -0.2) is 4.79 Å². The van der Waals surface area contributed by atoms with Crippen LogP contribution in [0.4, 0.5) is 10.5 Å². The molecule has 4 nitrogen and oxygen atoms in total. The average Bonchev–Trinajstić information content (AvgIpc) is 2.22. The van der Waals surface area contributed by atoms with Gasteiger partial charge >= 0.3 is 6.03 Å². The smallest absolute Gasteiger partial charge is 0.319 e. The van der Waals surface area contributed by atoms with Crippen LogP contribution in [0.3, 0.4) is 0 Å². The largest absolute Gasteiger partial charge is 0.394 e. The third-order valence-electron chi connectivity index (χ3n) is 1.83. The van der Waals surface area contributed by atoms with Crippen LogP contribution in [0.2, 0.25) is 5.02 Å². The Morgan fingerprint density at radius 1 is 1.62 bits per heavy atom. The Labute approximate surface area is 113 Å². The summed E-state index contributed by atoms with van der Waals surface area (Å²) >= 11 is 8.08. The second kappa shape index (κ2) is 6.27. The van der Waals surface area contributed by atoms with Gasteiger partial charge in [-0.05, 0) is 47.7 Å². The molecule has 1 aromatic carbocycles. The van der Waals surface area contributed by atoms with Crippen molar-refractivity contribution < 1.29 is 9.90 Å². The van der Waals surface area contributed by atoms with E-state index >= 15 is 0 Å². The van der Waals surface area contributed by atoms with E-state index in [1.807, 2.05) is 6.07 Å². The van der Waals surface area contributed by atoms with E-state index in [1.54, 1.807) is 19.1 Å². The zero-order chi connectivity index (χ0) is 12.1. The van der Waals surface area contributed by atoms with Crippen molar-refractivity contribution in [3.8, 4) is 0 Å². The number of anilines is 1. The van der Waals surface area contributed by atoms with Crippen molar-refractivity contribution in [2.45, 2.75) is 13.0 Å². The normalized spacial score (nSPS) is 12.0. The number of benzene rings is 1. The third kappa shape index (κ3) is 4.15. The van der Waals surface area contributed by atoms with Crippen molar-refractivity contribution in [2.24, 2.45) is 0 Å². The number of urea groups is 1. The van der Waals surface area contributed by atoms with E-state index < -0.39 is 0 Å². The molecule has 0 spiro atoms. The average molecular weight is 355 g/mol. The number of aliphatic hydroxyl groups is 1. The minimum Gasteiger partial charge on any atom is -0.394 e. The molecule has 0 aliphatic carbocycles. The summed E-state index contributed by atoms with van der Waals surface area (Å²) in [5, 5.41) is 14.4. The molecule has 1 rings (SSSR count). The molecule has 0 radical (unpaired) electrons. The lowest BCUT2D eigenvalue weighted by molar-refractivity contribution is 0.229. The van der Waals surface area contributed by atoms with Crippen molar-refractivity contribution in [3.63, 3.8) is 0 Å². The fourth-order valence-corrected chi connectivity index (χ4v) is 1.92. The molecule has 0 fully saturated rings. The summed E-state index contributed by atoms with van der Waals surface area (Å²) < 4.78 is 0.997. The second-order valence-electron chi connectivity index (χ2n) is 3.31. The fourth-order valence-electron chi connectivity index (χ4n) is 1.02. The lowest BCUT2D eigenvalue weighted by Gasteiger charge is -2.12. The van der Waals surface area contributed by atoms with Crippen molar-refractivity contribution in [1.29, 1.82) is 0 Å². The van der Waals surface area contributed by atoms with E-state index in [1.165, 1.54) is 0 Å². The molecule has 3 N–H and O–H groups in total. The van der Waals surface area contributed by atoms with Crippen LogP contribution >= 0.6 is 34.2 Å². The van der Waals surface area contributed by atoms with Gasteiger partial charge in [-0.2, -0.15) is 0 Å². The first-order chi connectivity index (χ1) is 7.52. The number of carbonyl (C=O) groups is 1. The number of carbonyl (C=O) groups excluding carboxylic acids is 1. The van der Waals surface area contributed by atoms with Crippen LogP contribution in [0, 0.1) is 3.57 Å². The van der Waals surface area contributed by atoms with Crippen molar-refractivity contribution >= 4 is 45.9 Å². The van der Waals surface area contributed by atoms with Crippen LogP contribution < -0.4 is 10.6 Å². The zero-order valence-electron chi connectivity index (χ0n) is 8.63. The van der Waals surface area contributed by atoms with Gasteiger partial charge in [0.1, 0.15) is 0 Å². The molecular formula is C10H12ClIN2O2. The predicted molar refractivity (Wildman–Crippen MR) is 72.9 cm³/mol. The molecule has 0 aliphatic rings. The number of hydrogen-bond donors (Lipinski definition) is 3. The fraction of sp³-hybridized carbons (Fsp3) is 0.300. The molecule has 0 saturated carbocycles. The summed E-state index contributed by atoms with van der Waals surface area (Å²) in [4.78, 5) is 11.4. The SMILES string of the molecule is CC(CO)NC(=O)Nc1ccc(I)cc1Cl. The number of rotatable bonds is 3. The zero-order valence-corrected chi connectivity index (χ0v) is 11.5. The highest BCUT2D eigenvalue weighted by Gasteiger charge is 2.08. The van der Waals surface area contributed by atoms with E-state index in [0.717, 1.165) is 3.57 Å². The van der Waals surface area contributed by atoms with Crippen LogP contribution in [0.1, 0.15) is 6.92 Å². The molecule has 6 heteroatoms. The summed E-state index contributed by atoms with van der Waals surface area (Å²) in [5.41, 5.74) is 0.546. The van der Waals surface area contributed by atoms with E-state index in [9.17, 15) is 4.79 Å². The maximum absolute atomic E-state index is 11.4. The molecule has 0 aromatic heterocycles. The van der Waals surface area contributed by atoms with E-state index in [0.29, 0.717) is 10.7 Å². The highest BCUT2D eigenvalue weighted by Crippen LogP contribution is 2.23. The van der Waals surface area contributed by atoms with Gasteiger partial charge in [-0.1, -0.05) is 11.6 Å². The van der Waals surface area contributed by atoms with Gasteiger partial charge in [-0.15, -0.1) is 0 Å². The standard InChI is InChI=1S/C10H12ClIN2O2/c1-6(5-15)13-10(16)14-9-3-2-7(12)4-8(9)11/h2-4,6,15H,5H2,1H3,(H2,13,14,16). The maximum Gasteiger partial charge on any atom is 0.319 e. The molecule has 0 heterocycles. The number of halogens is 2. The molecule has 1 aromatic rings. The van der Waals surface area contributed by atoms with Gasteiger partial charge in [0.15, 0.2) is 0 Å². The first-order valence-corrected chi connectivity index (χ1v) is 6.12. The molecule has 1 atom stereocenters. The maximum atomic E-state index is 11.4. The van der Waals surface area contributed by atoms with Gasteiger partial charge in [0, 0.05) is 3.57 Å². The molecular weight excluding hydrogens is 342 g/mol. The minimum atomic E-state index is -0.385. The number of nitrogens with one attached hydrogen (secondary N) is 2. The second-order valence-corrected chi connectivity index (χ2v) is 4.96. The van der Waals surface area contributed by atoms with Gasteiger partial charge in [0.2, 0.25) is 0 Å². The monoisotopic (exact) mass is 354 g/mol. The predicted octanol–water partition coefficient (Wildman–Crippen LogP) is 2.45. The van der Waals surface area contributed by atoms with Crippen molar-refractivity contribution in [2.75, 3.05) is 11.9 Å². The van der Waals surface area contributed by atoms with Crippen LogP contribution in [-0.2, 0) is 0 Å². The van der Waals surface area contributed by atoms with Crippen LogP contribution in [-0.4, -0.2) is 23.8 Å². The summed E-state index contributed by atoms with van der Waals surface area (Å²) in [5.74, 6) is 0. The first-order valence-electron chi connectivity index (χ1n) is 4.66. The Morgan fingerprint density at radius 2 is 2.31 bits per heavy atom. The van der Waals surface area contributed by atoms with E-state index in [-0.39, 0.29) is 18.7 Å². The topological polar surface area (TPSA) is 61.4 Å². The molecule has 0 saturated heterocycles. The van der Waals surface area contributed by atoms with Crippen molar-refractivity contribution in [3.05, 3.63) is 26.8 Å². The van der Waals surface area contributed by atoms with Crippen molar-refractivity contribution in [1.82, 2.24) is 5.32 Å². The molecule has 0 aliphatic heterocycles. The number of aliphatic hydroxyl groups excluding tert-OH is 1. The molecule has 2 amide bonds. The minimum absolute atomic E-state index is 0.103. The van der Waals surface area contributed by atoms with E-state index in [2.05, 4.69) is 33.2 Å². The van der Waals surface area contributed by atoms with Crippen LogP contribution in [0.5, 0.6) is 0 Å². The first kappa shape index (κ1) is 13.5. The molecule has 0 bridgehead atoms. The highest BCUT2D eigenvalue weighted by molar-refractivity contribution is 14.1. The number of hydrogen-bond acceptors (Lipinski definition) is 2. The van der Waals surface area contributed by atoms with E-state index in [4.69, 9.17) is 16.7 Å². The highest BCUT2D eigenvalue weighted by atomic mass is 127. The molecule has 1 unspecified atom stereocenters. The van der Waals surface area contributed by atoms with Crippen LogP contribution in [0.25, 0.3) is 0 Å². The third-order valence-corrected chi connectivity index (χ3v) is 2.81. The molecule has 16 heavy (non-hydrogen) atoms. The Bertz CT molecular complexity index is 387.